The van der Waals surface area contributed by atoms with E-state index >= 15 is 0 Å². The Hall–Kier alpha value is -3.19. The van der Waals surface area contributed by atoms with Gasteiger partial charge in [0.05, 0.1) is 5.52 Å². The molecule has 0 atom stereocenters. The van der Waals surface area contributed by atoms with E-state index in [9.17, 15) is 4.79 Å². The van der Waals surface area contributed by atoms with Gasteiger partial charge in [0.15, 0.2) is 0 Å². The molecule has 29 heavy (non-hydrogen) atoms. The van der Waals surface area contributed by atoms with Gasteiger partial charge in [-0.05, 0) is 36.4 Å². The second kappa shape index (κ2) is 7.00. The van der Waals surface area contributed by atoms with Gasteiger partial charge in [-0.15, -0.1) is 0 Å². The normalized spacial score (nSPS) is 17.0. The molecule has 3 heterocycles. The highest BCUT2D eigenvalue weighted by Gasteiger charge is 2.27. The summed E-state index contributed by atoms with van der Waals surface area (Å²) >= 11 is 0. The van der Waals surface area contributed by atoms with Crippen LogP contribution >= 0.6 is 0 Å². The third-order valence-electron chi connectivity index (χ3n) is 5.90. The van der Waals surface area contributed by atoms with E-state index in [0.29, 0.717) is 24.3 Å². The van der Waals surface area contributed by atoms with Crippen molar-refractivity contribution in [3.63, 3.8) is 0 Å². The van der Waals surface area contributed by atoms with Gasteiger partial charge in [0, 0.05) is 50.3 Å². The smallest absolute Gasteiger partial charge is 0.273 e. The molecule has 0 bridgehead atoms. The number of fused-ring (bicyclic) bond motifs is 2. The molecule has 0 aliphatic carbocycles. The predicted octanol–water partition coefficient (Wildman–Crippen LogP) is 2.12. The summed E-state index contributed by atoms with van der Waals surface area (Å²) in [5.74, 6) is 0.0285. The molecule has 0 unspecified atom stereocenters. The van der Waals surface area contributed by atoms with Crippen LogP contribution in [0.2, 0.25) is 0 Å². The first-order chi connectivity index (χ1) is 14.1. The number of anilines is 2. The Balaban J connectivity index is 1.51. The van der Waals surface area contributed by atoms with E-state index in [4.69, 9.17) is 5.73 Å². The van der Waals surface area contributed by atoms with E-state index < -0.39 is 0 Å². The van der Waals surface area contributed by atoms with Gasteiger partial charge in [-0.2, -0.15) is 0 Å². The summed E-state index contributed by atoms with van der Waals surface area (Å²) in [6, 6.07) is 14.2. The summed E-state index contributed by atoms with van der Waals surface area (Å²) in [6.45, 7) is 5.16. The van der Waals surface area contributed by atoms with Crippen LogP contribution in [0.15, 0.2) is 42.5 Å². The zero-order valence-corrected chi connectivity index (χ0v) is 16.5. The van der Waals surface area contributed by atoms with Crippen LogP contribution < -0.4 is 10.6 Å². The molecule has 1 aromatic heterocycles. The SMILES string of the molecule is CN1CCN(c2ccc3nc(N)nc(C(=O)N4Cc5ccccc5C4)c3c2)CC1. The minimum atomic E-state index is -0.101. The number of nitrogens with zero attached hydrogens (tertiary/aromatic N) is 5. The molecule has 1 fully saturated rings. The minimum absolute atomic E-state index is 0.101. The van der Waals surface area contributed by atoms with Gasteiger partial charge in [-0.3, -0.25) is 4.79 Å². The van der Waals surface area contributed by atoms with Gasteiger partial charge in [0.25, 0.3) is 5.91 Å². The van der Waals surface area contributed by atoms with E-state index in [-0.39, 0.29) is 11.9 Å². The fraction of sp³-hybridized carbons (Fsp3) is 0.318. The highest BCUT2D eigenvalue weighted by Crippen LogP contribution is 2.28. The maximum atomic E-state index is 13.4. The largest absolute Gasteiger partial charge is 0.369 e. The Bertz CT molecular complexity index is 1060. The number of rotatable bonds is 2. The lowest BCUT2D eigenvalue weighted by Gasteiger charge is -2.34. The van der Waals surface area contributed by atoms with Crippen molar-refractivity contribution in [2.45, 2.75) is 13.1 Å². The maximum absolute atomic E-state index is 13.4. The van der Waals surface area contributed by atoms with Gasteiger partial charge >= 0.3 is 0 Å². The molecule has 0 saturated carbocycles. The fourth-order valence-electron chi connectivity index (χ4n) is 4.19. The summed E-state index contributed by atoms with van der Waals surface area (Å²) in [5, 5.41) is 0.761. The molecule has 2 aromatic carbocycles. The quantitative estimate of drug-likeness (QED) is 0.725. The topological polar surface area (TPSA) is 78.6 Å². The first-order valence-corrected chi connectivity index (χ1v) is 9.95. The second-order valence-corrected chi connectivity index (χ2v) is 7.85. The molecule has 3 aromatic rings. The number of piperazine rings is 1. The number of carbonyl (C=O) groups is 1. The number of hydrogen-bond donors (Lipinski definition) is 1. The summed E-state index contributed by atoms with van der Waals surface area (Å²) in [6.07, 6.45) is 0. The highest BCUT2D eigenvalue weighted by atomic mass is 16.2. The Labute approximate surface area is 169 Å². The number of aromatic nitrogens is 2. The highest BCUT2D eigenvalue weighted by molar-refractivity contribution is 6.05. The molecule has 2 N–H and O–H groups in total. The monoisotopic (exact) mass is 388 g/mol. The summed E-state index contributed by atoms with van der Waals surface area (Å²) in [4.78, 5) is 28.6. The van der Waals surface area contributed by atoms with Gasteiger partial charge in [-0.1, -0.05) is 24.3 Å². The fourth-order valence-corrected chi connectivity index (χ4v) is 4.19. The molecule has 0 radical (unpaired) electrons. The Kier molecular flexibility index (Phi) is 4.32. The average Bonchev–Trinajstić information content (AvgIpc) is 3.17. The Morgan fingerprint density at radius 2 is 1.66 bits per heavy atom. The lowest BCUT2D eigenvalue weighted by molar-refractivity contribution is 0.0747. The average molecular weight is 388 g/mol. The van der Waals surface area contributed by atoms with E-state index in [1.54, 1.807) is 0 Å². The molecule has 2 aliphatic rings. The van der Waals surface area contributed by atoms with Crippen LogP contribution in [0.1, 0.15) is 21.6 Å². The number of amides is 1. The van der Waals surface area contributed by atoms with Crippen molar-refractivity contribution in [2.24, 2.45) is 0 Å². The molecule has 1 amide bonds. The molecule has 7 heteroatoms. The lowest BCUT2D eigenvalue weighted by atomic mass is 10.1. The van der Waals surface area contributed by atoms with Gasteiger partial charge in [-0.25, -0.2) is 9.97 Å². The van der Waals surface area contributed by atoms with Gasteiger partial charge < -0.3 is 20.4 Å². The number of hydrogen-bond acceptors (Lipinski definition) is 6. The van der Waals surface area contributed by atoms with Crippen molar-refractivity contribution >= 4 is 28.4 Å². The third-order valence-corrected chi connectivity index (χ3v) is 5.90. The van der Waals surface area contributed by atoms with E-state index in [0.717, 1.165) is 37.3 Å². The van der Waals surface area contributed by atoms with Crippen molar-refractivity contribution in [1.29, 1.82) is 0 Å². The van der Waals surface area contributed by atoms with Crippen molar-refractivity contribution in [3.05, 3.63) is 59.3 Å². The molecule has 148 valence electrons. The molecular formula is C22H24N6O. The number of benzene rings is 2. The summed E-state index contributed by atoms with van der Waals surface area (Å²) in [5.41, 5.74) is 10.5. The van der Waals surface area contributed by atoms with Crippen LogP contribution in [0.25, 0.3) is 10.9 Å². The summed E-state index contributed by atoms with van der Waals surface area (Å²) in [7, 11) is 2.14. The van der Waals surface area contributed by atoms with Crippen LogP contribution in [-0.4, -0.2) is 58.9 Å². The minimum Gasteiger partial charge on any atom is -0.369 e. The second-order valence-electron chi connectivity index (χ2n) is 7.85. The van der Waals surface area contributed by atoms with Crippen molar-refractivity contribution in [2.75, 3.05) is 43.9 Å². The molecule has 0 spiro atoms. The van der Waals surface area contributed by atoms with Crippen LogP contribution in [0.5, 0.6) is 0 Å². The number of carbonyl (C=O) groups excluding carboxylic acids is 1. The van der Waals surface area contributed by atoms with E-state index in [1.807, 2.05) is 29.2 Å². The predicted molar refractivity (Wildman–Crippen MR) is 114 cm³/mol. The van der Waals surface area contributed by atoms with Crippen LogP contribution in [-0.2, 0) is 13.1 Å². The molecular weight excluding hydrogens is 364 g/mol. The molecule has 1 saturated heterocycles. The maximum Gasteiger partial charge on any atom is 0.273 e. The van der Waals surface area contributed by atoms with Crippen molar-refractivity contribution in [1.82, 2.24) is 19.8 Å². The zero-order chi connectivity index (χ0) is 20.0. The Morgan fingerprint density at radius 3 is 2.34 bits per heavy atom. The van der Waals surface area contributed by atoms with Crippen LogP contribution in [0, 0.1) is 0 Å². The number of nitrogen functional groups attached to an aromatic ring is 1. The van der Waals surface area contributed by atoms with E-state index in [1.165, 1.54) is 11.1 Å². The van der Waals surface area contributed by atoms with Crippen molar-refractivity contribution in [3.8, 4) is 0 Å². The third kappa shape index (κ3) is 3.27. The van der Waals surface area contributed by atoms with Crippen molar-refractivity contribution < 1.29 is 4.79 Å². The number of likely N-dealkylation sites (N-methyl/N-ethyl adjacent to an activating group) is 1. The van der Waals surface area contributed by atoms with Crippen LogP contribution in [0.4, 0.5) is 11.6 Å². The summed E-state index contributed by atoms with van der Waals surface area (Å²) < 4.78 is 0. The Morgan fingerprint density at radius 1 is 0.966 bits per heavy atom. The molecule has 7 nitrogen and oxygen atoms in total. The van der Waals surface area contributed by atoms with Gasteiger partial charge in [0.2, 0.25) is 5.95 Å². The van der Waals surface area contributed by atoms with Crippen LogP contribution in [0.3, 0.4) is 0 Å². The van der Waals surface area contributed by atoms with E-state index in [2.05, 4.69) is 45.0 Å². The molecule has 2 aliphatic heterocycles. The number of nitrogens with two attached hydrogens (primary N) is 1. The standard InChI is InChI=1S/C22H24N6O/c1-26-8-10-27(11-9-26)17-6-7-19-18(12-17)20(25-22(23)24-19)21(29)28-13-15-4-2-3-5-16(15)14-28/h2-7,12H,8-11,13-14H2,1H3,(H2,23,24,25). The lowest BCUT2D eigenvalue weighted by Crippen LogP contribution is -2.44. The zero-order valence-electron chi connectivity index (χ0n) is 16.5. The first kappa shape index (κ1) is 17.9. The van der Waals surface area contributed by atoms with Gasteiger partial charge in [0.1, 0.15) is 5.69 Å². The molecule has 5 rings (SSSR count). The first-order valence-electron chi connectivity index (χ1n) is 9.95.